The van der Waals surface area contributed by atoms with Gasteiger partial charge in [0, 0.05) is 12.6 Å². The van der Waals surface area contributed by atoms with E-state index in [1.54, 1.807) is 0 Å². The monoisotopic (exact) mass is 217 g/mol. The molecule has 1 saturated heterocycles. The summed E-state index contributed by atoms with van der Waals surface area (Å²) in [6, 6.07) is 11.7. The van der Waals surface area contributed by atoms with E-state index in [1.807, 2.05) is 0 Å². The van der Waals surface area contributed by atoms with Gasteiger partial charge in [0.05, 0.1) is 0 Å². The van der Waals surface area contributed by atoms with Crippen molar-refractivity contribution in [1.29, 1.82) is 0 Å². The normalized spacial score (nSPS) is 24.2. The number of piperidine rings is 1. The molecule has 1 heteroatoms. The summed E-state index contributed by atoms with van der Waals surface area (Å²) < 4.78 is 0. The van der Waals surface area contributed by atoms with Crippen LogP contribution in [0.2, 0.25) is 0 Å². The first-order valence-corrected chi connectivity index (χ1v) is 6.60. The van der Waals surface area contributed by atoms with Crippen LogP contribution in [0.3, 0.4) is 0 Å². The van der Waals surface area contributed by atoms with Gasteiger partial charge in [-0.3, -0.25) is 0 Å². The third-order valence-corrected chi connectivity index (χ3v) is 3.94. The molecule has 1 aliphatic heterocycles. The van der Waals surface area contributed by atoms with E-state index in [0.717, 1.165) is 12.0 Å². The van der Waals surface area contributed by atoms with Gasteiger partial charge in [0.15, 0.2) is 0 Å². The third-order valence-electron chi connectivity index (χ3n) is 3.94. The Kier molecular flexibility index (Phi) is 4.00. The molecule has 0 saturated carbocycles. The SMILES string of the molecule is CCC(C)N1CCCC(c2ccccc2)C1. The lowest BCUT2D eigenvalue weighted by molar-refractivity contribution is 0.154. The molecule has 1 fully saturated rings. The van der Waals surface area contributed by atoms with E-state index in [2.05, 4.69) is 49.1 Å². The number of rotatable bonds is 3. The lowest BCUT2D eigenvalue weighted by Crippen LogP contribution is -2.40. The summed E-state index contributed by atoms with van der Waals surface area (Å²) in [6.45, 7) is 7.18. The highest BCUT2D eigenvalue weighted by atomic mass is 15.2. The minimum Gasteiger partial charge on any atom is -0.300 e. The molecule has 0 aliphatic carbocycles. The maximum absolute atomic E-state index is 2.65. The van der Waals surface area contributed by atoms with Gasteiger partial charge in [-0.05, 0) is 44.2 Å². The summed E-state index contributed by atoms with van der Waals surface area (Å²) in [5.74, 6) is 0.754. The molecule has 1 nitrogen and oxygen atoms in total. The number of hydrogen-bond acceptors (Lipinski definition) is 1. The summed E-state index contributed by atoms with van der Waals surface area (Å²) in [4.78, 5) is 2.65. The van der Waals surface area contributed by atoms with Gasteiger partial charge >= 0.3 is 0 Å². The van der Waals surface area contributed by atoms with Gasteiger partial charge in [-0.15, -0.1) is 0 Å². The smallest absolute Gasteiger partial charge is 0.00645 e. The quantitative estimate of drug-likeness (QED) is 0.747. The van der Waals surface area contributed by atoms with Crippen molar-refractivity contribution in [2.24, 2.45) is 0 Å². The number of nitrogens with zero attached hydrogens (tertiary/aromatic N) is 1. The van der Waals surface area contributed by atoms with Gasteiger partial charge in [-0.25, -0.2) is 0 Å². The zero-order chi connectivity index (χ0) is 11.4. The Morgan fingerprint density at radius 2 is 2.06 bits per heavy atom. The molecule has 2 atom stereocenters. The van der Waals surface area contributed by atoms with E-state index in [4.69, 9.17) is 0 Å². The van der Waals surface area contributed by atoms with Crippen LogP contribution in [-0.2, 0) is 0 Å². The highest BCUT2D eigenvalue weighted by molar-refractivity contribution is 5.20. The average molecular weight is 217 g/mol. The second kappa shape index (κ2) is 5.49. The van der Waals surface area contributed by atoms with Crippen LogP contribution in [0.5, 0.6) is 0 Å². The van der Waals surface area contributed by atoms with E-state index in [1.165, 1.54) is 37.9 Å². The Morgan fingerprint density at radius 3 is 2.75 bits per heavy atom. The van der Waals surface area contributed by atoms with E-state index in [9.17, 15) is 0 Å². The standard InChI is InChI=1S/C15H23N/c1-3-13(2)16-11-7-10-15(12-16)14-8-5-4-6-9-14/h4-6,8-9,13,15H,3,7,10-12H2,1-2H3. The van der Waals surface area contributed by atoms with Crippen molar-refractivity contribution in [2.75, 3.05) is 13.1 Å². The molecular weight excluding hydrogens is 194 g/mol. The van der Waals surface area contributed by atoms with Gasteiger partial charge in [-0.1, -0.05) is 37.3 Å². The van der Waals surface area contributed by atoms with Crippen molar-refractivity contribution in [3.63, 3.8) is 0 Å². The molecule has 0 N–H and O–H groups in total. The van der Waals surface area contributed by atoms with E-state index in [-0.39, 0.29) is 0 Å². The number of likely N-dealkylation sites (tertiary alicyclic amines) is 1. The summed E-state index contributed by atoms with van der Waals surface area (Å²) in [5.41, 5.74) is 1.52. The molecule has 16 heavy (non-hydrogen) atoms. The molecule has 1 aromatic rings. The summed E-state index contributed by atoms with van der Waals surface area (Å²) in [7, 11) is 0. The van der Waals surface area contributed by atoms with Crippen LogP contribution >= 0.6 is 0 Å². The van der Waals surface area contributed by atoms with E-state index >= 15 is 0 Å². The highest BCUT2D eigenvalue weighted by Crippen LogP contribution is 2.27. The maximum atomic E-state index is 2.65. The molecule has 2 rings (SSSR count). The molecular formula is C15H23N. The van der Waals surface area contributed by atoms with Crippen LogP contribution in [0, 0.1) is 0 Å². The third kappa shape index (κ3) is 2.65. The Hall–Kier alpha value is -0.820. The molecule has 0 amide bonds. The molecule has 0 aromatic heterocycles. The first-order chi connectivity index (χ1) is 7.81. The summed E-state index contributed by atoms with van der Waals surface area (Å²) >= 11 is 0. The predicted molar refractivity (Wildman–Crippen MR) is 69.7 cm³/mol. The van der Waals surface area contributed by atoms with Crippen LogP contribution in [-0.4, -0.2) is 24.0 Å². The molecule has 1 aromatic carbocycles. The second-order valence-corrected chi connectivity index (χ2v) is 5.00. The van der Waals surface area contributed by atoms with E-state index in [0.29, 0.717) is 0 Å². The van der Waals surface area contributed by atoms with Crippen LogP contribution in [0.4, 0.5) is 0 Å². The predicted octanol–water partition coefficient (Wildman–Crippen LogP) is 3.66. The minimum atomic E-state index is 0.742. The first-order valence-electron chi connectivity index (χ1n) is 6.60. The largest absolute Gasteiger partial charge is 0.300 e. The van der Waals surface area contributed by atoms with Gasteiger partial charge in [0.1, 0.15) is 0 Å². The van der Waals surface area contributed by atoms with Gasteiger partial charge < -0.3 is 4.90 Å². The second-order valence-electron chi connectivity index (χ2n) is 5.00. The summed E-state index contributed by atoms with van der Waals surface area (Å²) in [5, 5.41) is 0. The molecule has 2 unspecified atom stereocenters. The lowest BCUT2D eigenvalue weighted by Gasteiger charge is -2.36. The van der Waals surface area contributed by atoms with Crippen LogP contribution in [0.15, 0.2) is 30.3 Å². The zero-order valence-electron chi connectivity index (χ0n) is 10.5. The fourth-order valence-corrected chi connectivity index (χ4v) is 2.66. The van der Waals surface area contributed by atoms with Crippen molar-refractivity contribution in [2.45, 2.75) is 45.1 Å². The number of benzene rings is 1. The van der Waals surface area contributed by atoms with Gasteiger partial charge in [0.25, 0.3) is 0 Å². The first kappa shape index (κ1) is 11.7. The van der Waals surface area contributed by atoms with Crippen molar-refractivity contribution < 1.29 is 0 Å². The van der Waals surface area contributed by atoms with E-state index < -0.39 is 0 Å². The van der Waals surface area contributed by atoms with Crippen molar-refractivity contribution in [3.05, 3.63) is 35.9 Å². The molecule has 1 heterocycles. The van der Waals surface area contributed by atoms with Crippen LogP contribution < -0.4 is 0 Å². The average Bonchev–Trinajstić information content (AvgIpc) is 2.39. The summed E-state index contributed by atoms with van der Waals surface area (Å²) in [6.07, 6.45) is 3.97. The van der Waals surface area contributed by atoms with Crippen molar-refractivity contribution >= 4 is 0 Å². The Balaban J connectivity index is 2.02. The Bertz CT molecular complexity index is 306. The highest BCUT2D eigenvalue weighted by Gasteiger charge is 2.23. The van der Waals surface area contributed by atoms with Crippen molar-refractivity contribution in [1.82, 2.24) is 4.90 Å². The fourth-order valence-electron chi connectivity index (χ4n) is 2.66. The zero-order valence-corrected chi connectivity index (χ0v) is 10.5. The van der Waals surface area contributed by atoms with Gasteiger partial charge in [0.2, 0.25) is 0 Å². The van der Waals surface area contributed by atoms with Crippen molar-refractivity contribution in [3.8, 4) is 0 Å². The van der Waals surface area contributed by atoms with Crippen LogP contribution in [0.25, 0.3) is 0 Å². The Morgan fingerprint density at radius 1 is 1.31 bits per heavy atom. The molecule has 1 aliphatic rings. The Labute approximate surface area is 99.5 Å². The molecule has 0 bridgehead atoms. The number of hydrogen-bond donors (Lipinski definition) is 0. The molecule has 0 spiro atoms. The molecule has 88 valence electrons. The fraction of sp³-hybridized carbons (Fsp3) is 0.600. The van der Waals surface area contributed by atoms with Gasteiger partial charge in [-0.2, -0.15) is 0 Å². The topological polar surface area (TPSA) is 3.24 Å². The minimum absolute atomic E-state index is 0.742. The van der Waals surface area contributed by atoms with Crippen LogP contribution in [0.1, 0.15) is 44.6 Å². The molecule has 0 radical (unpaired) electrons. The maximum Gasteiger partial charge on any atom is 0.00645 e. The lowest BCUT2D eigenvalue weighted by atomic mass is 9.90.